The van der Waals surface area contributed by atoms with E-state index in [1.165, 1.54) is 4.31 Å². The predicted molar refractivity (Wildman–Crippen MR) is 119 cm³/mol. The van der Waals surface area contributed by atoms with Crippen LogP contribution in [0.5, 0.6) is 5.75 Å². The molecule has 1 N–H and O–H groups in total. The van der Waals surface area contributed by atoms with Gasteiger partial charge in [0.05, 0.1) is 31.3 Å². The fraction of sp³-hybridized carbons (Fsp3) is 0.435. The fourth-order valence-electron chi connectivity index (χ4n) is 3.55. The number of hydrogen-bond acceptors (Lipinski definition) is 5. The number of aryl methyl sites for hydroxylation is 1. The maximum absolute atomic E-state index is 12.7. The van der Waals surface area contributed by atoms with Crippen LogP contribution in [0.25, 0.3) is 0 Å². The molecule has 1 aliphatic rings. The molecule has 1 aliphatic heterocycles. The summed E-state index contributed by atoms with van der Waals surface area (Å²) in [7, 11) is -1.88. The second kappa shape index (κ2) is 10.7. The van der Waals surface area contributed by atoms with Crippen molar-refractivity contribution in [1.82, 2.24) is 9.62 Å². The second-order valence-electron chi connectivity index (χ2n) is 7.46. The first-order valence-electron chi connectivity index (χ1n) is 10.5. The molecule has 2 aromatic carbocycles. The smallest absolute Gasteiger partial charge is 0.243 e. The number of benzene rings is 2. The molecule has 1 unspecified atom stereocenters. The number of amides is 1. The summed E-state index contributed by atoms with van der Waals surface area (Å²) in [6.45, 7) is 3.61. The van der Waals surface area contributed by atoms with Crippen LogP contribution in [-0.2, 0) is 26.0 Å². The number of nitrogens with one attached hydrogen (secondary N) is 1. The first-order chi connectivity index (χ1) is 14.9. The van der Waals surface area contributed by atoms with E-state index >= 15 is 0 Å². The summed E-state index contributed by atoms with van der Waals surface area (Å²) >= 11 is 0. The molecule has 8 heteroatoms. The minimum absolute atomic E-state index is 0.0346. The summed E-state index contributed by atoms with van der Waals surface area (Å²) in [5.74, 6) is 0.747. The molecular weight excluding hydrogens is 416 g/mol. The Balaban J connectivity index is 1.54. The van der Waals surface area contributed by atoms with Gasteiger partial charge in [-0.25, -0.2) is 8.42 Å². The van der Waals surface area contributed by atoms with Crippen LogP contribution in [-0.4, -0.2) is 52.0 Å². The van der Waals surface area contributed by atoms with Crippen LogP contribution in [0.3, 0.4) is 0 Å². The van der Waals surface area contributed by atoms with Crippen molar-refractivity contribution in [2.45, 2.75) is 37.1 Å². The van der Waals surface area contributed by atoms with Gasteiger partial charge in [-0.1, -0.05) is 31.2 Å². The molecule has 0 aromatic heterocycles. The number of carbonyl (C=O) groups is 1. The highest BCUT2D eigenvalue weighted by molar-refractivity contribution is 7.89. The van der Waals surface area contributed by atoms with Gasteiger partial charge in [-0.2, -0.15) is 4.31 Å². The highest BCUT2D eigenvalue weighted by Gasteiger charge is 2.26. The minimum atomic E-state index is -3.50. The molecule has 1 heterocycles. The largest absolute Gasteiger partial charge is 0.497 e. The Morgan fingerprint density at radius 1 is 1.10 bits per heavy atom. The summed E-state index contributed by atoms with van der Waals surface area (Å²) in [4.78, 5) is 12.7. The molecule has 7 nitrogen and oxygen atoms in total. The number of sulfonamides is 1. The quantitative estimate of drug-likeness (QED) is 0.640. The van der Waals surface area contributed by atoms with Gasteiger partial charge in [0, 0.05) is 19.5 Å². The molecule has 0 saturated carbocycles. The van der Waals surface area contributed by atoms with E-state index in [2.05, 4.69) is 5.32 Å². The van der Waals surface area contributed by atoms with Gasteiger partial charge in [-0.05, 0) is 48.2 Å². The van der Waals surface area contributed by atoms with Gasteiger partial charge in [0.2, 0.25) is 15.9 Å². The van der Waals surface area contributed by atoms with E-state index in [1.54, 1.807) is 31.4 Å². The Kier molecular flexibility index (Phi) is 8.06. The molecule has 1 amide bonds. The number of rotatable bonds is 9. The van der Waals surface area contributed by atoms with Gasteiger partial charge in [0.15, 0.2) is 0 Å². The molecule has 31 heavy (non-hydrogen) atoms. The zero-order chi connectivity index (χ0) is 22.3. The van der Waals surface area contributed by atoms with Crippen LogP contribution in [0.15, 0.2) is 53.4 Å². The lowest BCUT2D eigenvalue weighted by atomic mass is 10.0. The van der Waals surface area contributed by atoms with Crippen molar-refractivity contribution in [2.24, 2.45) is 0 Å². The summed E-state index contributed by atoms with van der Waals surface area (Å²) in [5.41, 5.74) is 1.96. The average molecular weight is 447 g/mol. The maximum Gasteiger partial charge on any atom is 0.243 e. The third kappa shape index (κ3) is 6.06. The van der Waals surface area contributed by atoms with Crippen LogP contribution in [0.2, 0.25) is 0 Å². The van der Waals surface area contributed by atoms with Crippen molar-refractivity contribution in [1.29, 1.82) is 0 Å². The summed E-state index contributed by atoms with van der Waals surface area (Å²) in [5, 5.41) is 3.08. The molecule has 0 radical (unpaired) electrons. The average Bonchev–Trinajstić information content (AvgIpc) is 2.82. The van der Waals surface area contributed by atoms with Gasteiger partial charge in [0.1, 0.15) is 5.75 Å². The van der Waals surface area contributed by atoms with E-state index in [0.29, 0.717) is 39.1 Å². The van der Waals surface area contributed by atoms with Crippen molar-refractivity contribution >= 4 is 15.9 Å². The van der Waals surface area contributed by atoms with E-state index in [4.69, 9.17) is 9.47 Å². The molecular formula is C23H30N2O5S. The summed E-state index contributed by atoms with van der Waals surface area (Å²) in [6, 6.07) is 14.4. The van der Waals surface area contributed by atoms with Crippen LogP contribution in [0.1, 0.15) is 36.9 Å². The molecule has 168 valence electrons. The molecule has 0 aliphatic carbocycles. The molecule has 0 spiro atoms. The standard InChI is InChI=1S/C23H30N2O5S/c1-3-22(19-7-9-20(29-2)10-8-19)24-23(26)13-6-18-4-11-21(12-5-18)31(27,28)25-14-16-30-17-15-25/h4-5,7-12,22H,3,6,13-17H2,1-2H3,(H,24,26). The second-order valence-corrected chi connectivity index (χ2v) is 9.40. The van der Waals surface area contributed by atoms with Crippen LogP contribution in [0, 0.1) is 0 Å². The Hall–Kier alpha value is -2.42. The Morgan fingerprint density at radius 2 is 1.74 bits per heavy atom. The van der Waals surface area contributed by atoms with E-state index in [1.807, 2.05) is 31.2 Å². The number of nitrogens with zero attached hydrogens (tertiary/aromatic N) is 1. The lowest BCUT2D eigenvalue weighted by Gasteiger charge is -2.26. The van der Waals surface area contributed by atoms with Crippen molar-refractivity contribution in [3.05, 3.63) is 59.7 Å². The van der Waals surface area contributed by atoms with E-state index in [0.717, 1.165) is 23.3 Å². The Labute approximate surface area is 184 Å². The monoisotopic (exact) mass is 446 g/mol. The number of hydrogen-bond donors (Lipinski definition) is 1. The number of methoxy groups -OCH3 is 1. The van der Waals surface area contributed by atoms with Crippen molar-refractivity contribution in [3.8, 4) is 5.75 Å². The van der Waals surface area contributed by atoms with E-state index in [9.17, 15) is 13.2 Å². The van der Waals surface area contributed by atoms with Gasteiger partial charge in [-0.15, -0.1) is 0 Å². The van der Waals surface area contributed by atoms with Crippen molar-refractivity contribution in [3.63, 3.8) is 0 Å². The first kappa shape index (κ1) is 23.2. The van der Waals surface area contributed by atoms with Crippen LogP contribution in [0.4, 0.5) is 0 Å². The van der Waals surface area contributed by atoms with E-state index in [-0.39, 0.29) is 16.8 Å². The topological polar surface area (TPSA) is 84.9 Å². The lowest BCUT2D eigenvalue weighted by Crippen LogP contribution is -2.40. The number of morpholine rings is 1. The maximum atomic E-state index is 12.7. The number of carbonyl (C=O) groups excluding carboxylic acids is 1. The molecule has 1 saturated heterocycles. The van der Waals surface area contributed by atoms with Crippen LogP contribution < -0.4 is 10.1 Å². The van der Waals surface area contributed by atoms with Gasteiger partial charge in [-0.3, -0.25) is 4.79 Å². The van der Waals surface area contributed by atoms with Gasteiger partial charge in [0.25, 0.3) is 0 Å². The van der Waals surface area contributed by atoms with Gasteiger partial charge >= 0.3 is 0 Å². The molecule has 2 aromatic rings. The highest BCUT2D eigenvalue weighted by atomic mass is 32.2. The zero-order valence-electron chi connectivity index (χ0n) is 18.0. The zero-order valence-corrected chi connectivity index (χ0v) is 18.9. The van der Waals surface area contributed by atoms with Crippen molar-refractivity contribution < 1.29 is 22.7 Å². The molecule has 3 rings (SSSR count). The lowest BCUT2D eigenvalue weighted by molar-refractivity contribution is -0.121. The summed E-state index contributed by atoms with van der Waals surface area (Å²) in [6.07, 6.45) is 1.66. The fourth-order valence-corrected chi connectivity index (χ4v) is 4.95. The van der Waals surface area contributed by atoms with Crippen LogP contribution >= 0.6 is 0 Å². The molecule has 1 fully saturated rings. The van der Waals surface area contributed by atoms with Crippen molar-refractivity contribution in [2.75, 3.05) is 33.4 Å². The van der Waals surface area contributed by atoms with Gasteiger partial charge < -0.3 is 14.8 Å². The predicted octanol–water partition coefficient (Wildman–Crippen LogP) is 2.92. The Bertz CT molecular complexity index is 952. The third-order valence-corrected chi connectivity index (χ3v) is 7.35. The number of ether oxygens (including phenoxy) is 2. The Morgan fingerprint density at radius 3 is 2.32 bits per heavy atom. The SMILES string of the molecule is CCC(NC(=O)CCc1ccc(S(=O)(=O)N2CCOCC2)cc1)c1ccc(OC)cc1. The summed E-state index contributed by atoms with van der Waals surface area (Å²) < 4.78 is 37.2. The highest BCUT2D eigenvalue weighted by Crippen LogP contribution is 2.21. The molecule has 0 bridgehead atoms. The normalized spacial score (nSPS) is 15.9. The third-order valence-electron chi connectivity index (χ3n) is 5.43. The molecule has 1 atom stereocenters. The van der Waals surface area contributed by atoms with E-state index < -0.39 is 10.0 Å². The first-order valence-corrected chi connectivity index (χ1v) is 12.0. The minimum Gasteiger partial charge on any atom is -0.497 e.